The fraction of sp³-hybridized carbons (Fsp3) is 0.111. The smallest absolute Gasteiger partial charge is 0.335 e. The molecule has 0 aliphatic carbocycles. The molecule has 4 heteroatoms. The van der Waals surface area contributed by atoms with Crippen LogP contribution in [0.5, 0.6) is 0 Å². The molecule has 0 unspecified atom stereocenters. The number of aliphatic imine (C=N–C) groups is 1. The van der Waals surface area contributed by atoms with Crippen LogP contribution < -0.4 is 5.73 Å². The summed E-state index contributed by atoms with van der Waals surface area (Å²) >= 11 is 0. The average molecular weight is 178 g/mol. The minimum atomic E-state index is -0.922. The summed E-state index contributed by atoms with van der Waals surface area (Å²) in [6, 6.07) is 6.53. The van der Waals surface area contributed by atoms with Crippen LogP contribution in [-0.4, -0.2) is 17.4 Å². The van der Waals surface area contributed by atoms with E-state index in [2.05, 4.69) is 4.99 Å². The summed E-state index contributed by atoms with van der Waals surface area (Å²) in [6.07, 6.45) is 1.23. The van der Waals surface area contributed by atoms with Crippen LogP contribution in [0.3, 0.4) is 0 Å². The van der Waals surface area contributed by atoms with Gasteiger partial charge in [-0.15, -0.1) is 0 Å². The van der Waals surface area contributed by atoms with E-state index in [-0.39, 0.29) is 5.56 Å². The van der Waals surface area contributed by atoms with E-state index in [1.807, 2.05) is 0 Å². The number of carboxylic acid groups (broad SMARTS) is 1. The molecule has 0 aliphatic heterocycles. The fourth-order valence-electron chi connectivity index (χ4n) is 0.911. The maximum absolute atomic E-state index is 10.5. The molecule has 0 fully saturated rings. The van der Waals surface area contributed by atoms with Crippen molar-refractivity contribution >= 4 is 12.3 Å². The minimum absolute atomic E-state index is 0.278. The molecule has 1 aromatic carbocycles. The second-order valence-electron chi connectivity index (χ2n) is 2.49. The number of nitrogens with zero attached hydrogens (tertiary/aromatic N) is 1. The van der Waals surface area contributed by atoms with E-state index >= 15 is 0 Å². The molecule has 0 aromatic heterocycles. The Bertz CT molecular complexity index is 317. The van der Waals surface area contributed by atoms with Gasteiger partial charge in [0.2, 0.25) is 0 Å². The van der Waals surface area contributed by atoms with Crippen molar-refractivity contribution in [3.05, 3.63) is 35.4 Å². The molecule has 0 saturated heterocycles. The van der Waals surface area contributed by atoms with E-state index < -0.39 is 5.97 Å². The molecule has 4 nitrogen and oxygen atoms in total. The van der Waals surface area contributed by atoms with Crippen molar-refractivity contribution in [2.75, 3.05) is 0 Å². The molecule has 0 bridgehead atoms. The van der Waals surface area contributed by atoms with E-state index in [1.54, 1.807) is 24.3 Å². The van der Waals surface area contributed by atoms with Crippen molar-refractivity contribution in [1.82, 2.24) is 0 Å². The Balaban J connectivity index is 2.75. The Labute approximate surface area is 75.7 Å². The lowest BCUT2D eigenvalue weighted by atomic mass is 10.1. The first-order valence-corrected chi connectivity index (χ1v) is 3.76. The van der Waals surface area contributed by atoms with Gasteiger partial charge in [-0.2, -0.15) is 0 Å². The van der Waals surface area contributed by atoms with Crippen LogP contribution in [0.4, 0.5) is 0 Å². The van der Waals surface area contributed by atoms with Crippen molar-refractivity contribution in [3.8, 4) is 0 Å². The fourth-order valence-corrected chi connectivity index (χ4v) is 0.911. The molecule has 0 amide bonds. The Hall–Kier alpha value is -1.84. The molecule has 0 aliphatic rings. The Morgan fingerprint density at radius 2 is 2.08 bits per heavy atom. The number of aromatic carboxylic acids is 1. The standard InChI is InChI=1S/C9H10N2O2/c10-6-11-5-7-1-3-8(4-2-7)9(12)13/h1-4,6H,5H2,(H2,10,11)(H,12,13). The van der Waals surface area contributed by atoms with Gasteiger partial charge in [-0.25, -0.2) is 4.79 Å². The van der Waals surface area contributed by atoms with E-state index in [9.17, 15) is 4.79 Å². The number of hydrogen-bond donors (Lipinski definition) is 2. The highest BCUT2D eigenvalue weighted by Crippen LogP contribution is 2.05. The first-order chi connectivity index (χ1) is 6.24. The molecule has 1 aromatic rings. The summed E-state index contributed by atoms with van der Waals surface area (Å²) in [5.74, 6) is -0.922. The third-order valence-electron chi connectivity index (χ3n) is 1.58. The van der Waals surface area contributed by atoms with Gasteiger partial charge in [-0.1, -0.05) is 12.1 Å². The maximum atomic E-state index is 10.5. The zero-order chi connectivity index (χ0) is 9.68. The number of carbonyl (C=O) groups is 1. The van der Waals surface area contributed by atoms with Crippen LogP contribution in [0.25, 0.3) is 0 Å². The van der Waals surface area contributed by atoms with Crippen LogP contribution in [0.15, 0.2) is 29.3 Å². The van der Waals surface area contributed by atoms with Gasteiger partial charge >= 0.3 is 5.97 Å². The molecule has 0 atom stereocenters. The van der Waals surface area contributed by atoms with Crippen molar-refractivity contribution in [2.45, 2.75) is 6.54 Å². The molecule has 1 rings (SSSR count). The second kappa shape index (κ2) is 4.25. The number of nitrogens with two attached hydrogens (primary N) is 1. The lowest BCUT2D eigenvalue weighted by Crippen LogP contribution is -1.96. The van der Waals surface area contributed by atoms with Crippen LogP contribution >= 0.6 is 0 Å². The second-order valence-corrected chi connectivity index (χ2v) is 2.49. The lowest BCUT2D eigenvalue weighted by Gasteiger charge is -1.96. The largest absolute Gasteiger partial charge is 0.478 e. The van der Waals surface area contributed by atoms with Crippen molar-refractivity contribution < 1.29 is 9.90 Å². The van der Waals surface area contributed by atoms with Gasteiger partial charge < -0.3 is 10.8 Å². The maximum Gasteiger partial charge on any atom is 0.335 e. The van der Waals surface area contributed by atoms with Crippen molar-refractivity contribution in [2.24, 2.45) is 10.7 Å². The first kappa shape index (κ1) is 9.25. The number of carboxylic acids is 1. The molecule has 0 heterocycles. The molecule has 3 N–H and O–H groups in total. The number of benzene rings is 1. The molecule has 0 spiro atoms. The quantitative estimate of drug-likeness (QED) is 0.532. The highest BCUT2D eigenvalue weighted by molar-refractivity contribution is 5.87. The summed E-state index contributed by atoms with van der Waals surface area (Å²) in [7, 11) is 0. The van der Waals surface area contributed by atoms with E-state index in [4.69, 9.17) is 10.8 Å². The lowest BCUT2D eigenvalue weighted by molar-refractivity contribution is 0.0697. The zero-order valence-corrected chi connectivity index (χ0v) is 6.97. The van der Waals surface area contributed by atoms with Crippen LogP contribution in [-0.2, 0) is 6.54 Å². The van der Waals surface area contributed by atoms with E-state index in [0.29, 0.717) is 6.54 Å². The van der Waals surface area contributed by atoms with Gasteiger partial charge in [-0.05, 0) is 17.7 Å². The summed E-state index contributed by atoms with van der Waals surface area (Å²) in [5.41, 5.74) is 6.28. The van der Waals surface area contributed by atoms with E-state index in [1.165, 1.54) is 6.34 Å². The van der Waals surface area contributed by atoms with Gasteiger partial charge in [0.25, 0.3) is 0 Å². The summed E-state index contributed by atoms with van der Waals surface area (Å²) in [6.45, 7) is 0.483. The Kier molecular flexibility index (Phi) is 3.03. The third kappa shape index (κ3) is 2.59. The van der Waals surface area contributed by atoms with Gasteiger partial charge in [-0.3, -0.25) is 4.99 Å². The van der Waals surface area contributed by atoms with Crippen LogP contribution in [0.1, 0.15) is 15.9 Å². The number of hydrogen-bond acceptors (Lipinski definition) is 2. The van der Waals surface area contributed by atoms with Gasteiger partial charge in [0.1, 0.15) is 0 Å². The Morgan fingerprint density at radius 3 is 2.54 bits per heavy atom. The highest BCUT2D eigenvalue weighted by atomic mass is 16.4. The molecular formula is C9H10N2O2. The van der Waals surface area contributed by atoms with Crippen LogP contribution in [0.2, 0.25) is 0 Å². The topological polar surface area (TPSA) is 75.7 Å². The SMILES string of the molecule is NC=NCc1ccc(C(=O)O)cc1. The predicted octanol–water partition coefficient (Wildman–Crippen LogP) is 0.872. The molecule has 68 valence electrons. The summed E-state index contributed by atoms with van der Waals surface area (Å²) in [5, 5.41) is 8.60. The molecule has 13 heavy (non-hydrogen) atoms. The molecule has 0 saturated carbocycles. The van der Waals surface area contributed by atoms with Crippen molar-refractivity contribution in [1.29, 1.82) is 0 Å². The monoisotopic (exact) mass is 178 g/mol. The first-order valence-electron chi connectivity index (χ1n) is 3.76. The predicted molar refractivity (Wildman–Crippen MR) is 49.8 cm³/mol. The van der Waals surface area contributed by atoms with Gasteiger partial charge in [0, 0.05) is 0 Å². The summed E-state index contributed by atoms with van der Waals surface area (Å²) < 4.78 is 0. The summed E-state index contributed by atoms with van der Waals surface area (Å²) in [4.78, 5) is 14.3. The van der Waals surface area contributed by atoms with Crippen LogP contribution in [0, 0.1) is 0 Å². The molecular weight excluding hydrogens is 168 g/mol. The number of rotatable bonds is 3. The van der Waals surface area contributed by atoms with E-state index in [0.717, 1.165) is 5.56 Å². The highest BCUT2D eigenvalue weighted by Gasteiger charge is 2.00. The minimum Gasteiger partial charge on any atom is -0.478 e. The average Bonchev–Trinajstić information content (AvgIpc) is 2.15. The molecule has 0 radical (unpaired) electrons. The zero-order valence-electron chi connectivity index (χ0n) is 6.97. The third-order valence-corrected chi connectivity index (χ3v) is 1.58. The van der Waals surface area contributed by atoms with Crippen molar-refractivity contribution in [3.63, 3.8) is 0 Å². The Morgan fingerprint density at radius 1 is 1.46 bits per heavy atom. The van der Waals surface area contributed by atoms with Gasteiger partial charge in [0.05, 0.1) is 18.4 Å². The van der Waals surface area contributed by atoms with Gasteiger partial charge in [0.15, 0.2) is 0 Å². The normalized spacial score (nSPS) is 10.5.